The molecule has 1 heterocycles. The Labute approximate surface area is 256 Å². The number of piperazine rings is 1. The first-order chi connectivity index (χ1) is 21.1. The first-order valence-corrected chi connectivity index (χ1v) is 15.0. The number of aryl methyl sites for hydroxylation is 1. The van der Waals surface area contributed by atoms with Crippen LogP contribution in [0.15, 0.2) is 60.7 Å². The van der Waals surface area contributed by atoms with Crippen LogP contribution in [0.4, 0.5) is 8.78 Å². The van der Waals surface area contributed by atoms with Gasteiger partial charge in [0.1, 0.15) is 29.8 Å². The molecule has 2 aliphatic rings. The molecule has 44 heavy (non-hydrogen) atoms. The molecule has 2 amide bonds. The van der Waals surface area contributed by atoms with Crippen LogP contribution < -0.4 is 14.8 Å². The van der Waals surface area contributed by atoms with Crippen LogP contribution in [0.1, 0.15) is 55.0 Å². The lowest BCUT2D eigenvalue weighted by molar-refractivity contribution is -0.157. The zero-order valence-corrected chi connectivity index (χ0v) is 25.4. The lowest BCUT2D eigenvalue weighted by Gasteiger charge is -2.45. The zero-order valence-electron chi connectivity index (χ0n) is 25.4. The van der Waals surface area contributed by atoms with Crippen molar-refractivity contribution in [2.24, 2.45) is 11.8 Å². The zero-order chi connectivity index (χ0) is 31.5. The predicted molar refractivity (Wildman–Crippen MR) is 161 cm³/mol. The number of carbonyl (C=O) groups is 3. The number of benzene rings is 3. The summed E-state index contributed by atoms with van der Waals surface area (Å²) in [6.07, 6.45) is 1.67. The van der Waals surface area contributed by atoms with Crippen molar-refractivity contribution < 1.29 is 32.6 Å². The second kappa shape index (κ2) is 13.2. The molecule has 9 heteroatoms. The minimum atomic E-state index is -1.41. The van der Waals surface area contributed by atoms with Gasteiger partial charge in [-0.25, -0.2) is 8.78 Å². The van der Waals surface area contributed by atoms with E-state index in [1.165, 1.54) is 25.2 Å². The summed E-state index contributed by atoms with van der Waals surface area (Å²) < 4.78 is 40.2. The summed E-state index contributed by atoms with van der Waals surface area (Å²) in [5.74, 6) is -2.18. The van der Waals surface area contributed by atoms with E-state index in [4.69, 9.17) is 9.47 Å². The van der Waals surface area contributed by atoms with Crippen LogP contribution in [0.2, 0.25) is 0 Å². The topological polar surface area (TPSA) is 84.9 Å². The fourth-order valence-electron chi connectivity index (χ4n) is 6.52. The number of Topliss-reactive ketones (excluding diaryl/α,β-unsaturated/α-hetero) is 1. The Hall–Kier alpha value is -4.27. The van der Waals surface area contributed by atoms with Crippen molar-refractivity contribution in [2.75, 3.05) is 14.2 Å². The molecule has 0 bridgehead atoms. The molecule has 7 nitrogen and oxygen atoms in total. The first-order valence-electron chi connectivity index (χ1n) is 15.0. The maximum Gasteiger partial charge on any atom is 0.247 e. The third kappa shape index (κ3) is 6.32. The van der Waals surface area contributed by atoms with Gasteiger partial charge in [-0.15, -0.1) is 0 Å². The van der Waals surface area contributed by atoms with Crippen LogP contribution in [0, 0.1) is 23.5 Å². The van der Waals surface area contributed by atoms with Gasteiger partial charge in [0.15, 0.2) is 17.3 Å². The number of methoxy groups -OCH3 is 2. The average molecular weight is 605 g/mol. The number of carbonyl (C=O) groups excluding carboxylic acids is 3. The fourth-order valence-corrected chi connectivity index (χ4v) is 6.52. The van der Waals surface area contributed by atoms with Crippen LogP contribution >= 0.6 is 0 Å². The third-order valence-electron chi connectivity index (χ3n) is 8.65. The van der Waals surface area contributed by atoms with E-state index in [0.717, 1.165) is 22.8 Å². The SMILES string of the molecule is COc1ccc(CCC(=O)[C@@H](c2ccc(F)cc2F)N2C(=O)[C@@H](C3Cc4ccccc4C3)NC(=O)[C@H]2CC(C)C)cc1OC. The van der Waals surface area contributed by atoms with Gasteiger partial charge in [0.05, 0.1) is 14.2 Å². The molecular weight excluding hydrogens is 566 g/mol. The molecule has 232 valence electrons. The van der Waals surface area contributed by atoms with Crippen molar-refractivity contribution in [3.05, 3.63) is 94.6 Å². The Morgan fingerprint density at radius 2 is 1.64 bits per heavy atom. The van der Waals surface area contributed by atoms with Crippen molar-refractivity contribution in [2.45, 2.75) is 64.1 Å². The number of nitrogens with zero attached hydrogens (tertiary/aromatic N) is 1. The number of halogens is 2. The van der Waals surface area contributed by atoms with E-state index in [9.17, 15) is 18.8 Å². The second-order valence-electron chi connectivity index (χ2n) is 12.0. The predicted octanol–water partition coefficient (Wildman–Crippen LogP) is 5.38. The molecule has 0 unspecified atom stereocenters. The van der Waals surface area contributed by atoms with Crippen LogP contribution in [0.3, 0.4) is 0 Å². The number of amides is 2. The molecule has 0 saturated carbocycles. The van der Waals surface area contributed by atoms with E-state index in [1.807, 2.05) is 38.1 Å². The molecule has 5 rings (SSSR count). The summed E-state index contributed by atoms with van der Waals surface area (Å²) in [7, 11) is 3.04. The largest absolute Gasteiger partial charge is 0.493 e. The lowest BCUT2D eigenvalue weighted by Crippen LogP contribution is -2.66. The maximum absolute atomic E-state index is 15.5. The van der Waals surface area contributed by atoms with Crippen LogP contribution in [-0.2, 0) is 33.6 Å². The monoisotopic (exact) mass is 604 g/mol. The van der Waals surface area contributed by atoms with E-state index in [-0.39, 0.29) is 42.6 Å². The summed E-state index contributed by atoms with van der Waals surface area (Å²) in [5.41, 5.74) is 2.87. The van der Waals surface area contributed by atoms with Crippen molar-refractivity contribution in [3.63, 3.8) is 0 Å². The van der Waals surface area contributed by atoms with Gasteiger partial charge in [-0.05, 0) is 72.4 Å². The molecule has 3 aromatic carbocycles. The highest BCUT2D eigenvalue weighted by atomic mass is 19.1. The van der Waals surface area contributed by atoms with Crippen LogP contribution in [0.25, 0.3) is 0 Å². The number of hydrogen-bond donors (Lipinski definition) is 1. The number of ketones is 1. The molecule has 1 fully saturated rings. The minimum Gasteiger partial charge on any atom is -0.493 e. The van der Waals surface area contributed by atoms with Gasteiger partial charge in [-0.2, -0.15) is 0 Å². The summed E-state index contributed by atoms with van der Waals surface area (Å²) in [6.45, 7) is 3.84. The van der Waals surface area contributed by atoms with Gasteiger partial charge < -0.3 is 19.7 Å². The van der Waals surface area contributed by atoms with Crippen LogP contribution in [-0.4, -0.2) is 48.8 Å². The smallest absolute Gasteiger partial charge is 0.247 e. The molecule has 3 atom stereocenters. The number of rotatable bonds is 11. The molecule has 1 saturated heterocycles. The number of hydrogen-bond acceptors (Lipinski definition) is 5. The number of nitrogens with one attached hydrogen (secondary N) is 1. The van der Waals surface area contributed by atoms with Crippen molar-refractivity contribution in [3.8, 4) is 11.5 Å². The van der Waals surface area contributed by atoms with E-state index < -0.39 is 41.5 Å². The molecular formula is C35H38F2N2O5. The van der Waals surface area contributed by atoms with E-state index in [0.29, 0.717) is 30.4 Å². The highest BCUT2D eigenvalue weighted by Gasteiger charge is 2.49. The molecule has 0 spiro atoms. The molecule has 1 aliphatic heterocycles. The molecule has 1 aliphatic carbocycles. The van der Waals surface area contributed by atoms with Gasteiger partial charge in [-0.1, -0.05) is 50.2 Å². The first kappa shape index (κ1) is 31.2. The standard InChI is InChI=1S/C35H38F2N2O5/c1-20(2)15-28-34(41)38-32(24-17-22-7-5-6-8-23(22)18-24)35(42)39(28)33(26-12-11-25(36)19-27(26)37)29(40)13-9-21-10-14-30(43-3)31(16-21)44-4/h5-8,10-12,14,16,19-20,24,28,32-33H,9,13,15,17-18H2,1-4H3,(H,38,41)/t28-,32-,33-/m1/s1. The van der Waals surface area contributed by atoms with Crippen molar-refractivity contribution >= 4 is 17.6 Å². The maximum atomic E-state index is 15.5. The number of ether oxygens (including phenoxy) is 2. The highest BCUT2D eigenvalue weighted by Crippen LogP contribution is 2.37. The summed E-state index contributed by atoms with van der Waals surface area (Å²) in [6, 6.07) is 12.9. The molecule has 0 radical (unpaired) electrons. The summed E-state index contributed by atoms with van der Waals surface area (Å²) in [4.78, 5) is 43.7. The minimum absolute atomic E-state index is 0.00563. The summed E-state index contributed by atoms with van der Waals surface area (Å²) in [5, 5.41) is 2.96. The second-order valence-corrected chi connectivity index (χ2v) is 12.0. The van der Waals surface area contributed by atoms with E-state index in [1.54, 1.807) is 18.2 Å². The Balaban J connectivity index is 1.52. The quantitative estimate of drug-likeness (QED) is 0.318. The number of fused-ring (bicyclic) bond motifs is 1. The Morgan fingerprint density at radius 3 is 2.25 bits per heavy atom. The van der Waals surface area contributed by atoms with Crippen molar-refractivity contribution in [1.82, 2.24) is 10.2 Å². The van der Waals surface area contributed by atoms with Gasteiger partial charge in [0.25, 0.3) is 0 Å². The van der Waals surface area contributed by atoms with Crippen LogP contribution in [0.5, 0.6) is 11.5 Å². The molecule has 3 aromatic rings. The normalized spacial score (nSPS) is 19.1. The third-order valence-corrected chi connectivity index (χ3v) is 8.65. The van der Waals surface area contributed by atoms with Gasteiger partial charge >= 0.3 is 0 Å². The Bertz CT molecular complexity index is 1530. The molecule has 1 N–H and O–H groups in total. The van der Waals surface area contributed by atoms with E-state index >= 15 is 4.39 Å². The van der Waals surface area contributed by atoms with E-state index in [2.05, 4.69) is 5.32 Å². The highest BCUT2D eigenvalue weighted by molar-refractivity contribution is 6.00. The Morgan fingerprint density at radius 1 is 0.955 bits per heavy atom. The van der Waals surface area contributed by atoms with Gasteiger partial charge in [0.2, 0.25) is 11.8 Å². The van der Waals surface area contributed by atoms with Gasteiger partial charge in [-0.3, -0.25) is 14.4 Å². The lowest BCUT2D eigenvalue weighted by atomic mass is 9.86. The van der Waals surface area contributed by atoms with Gasteiger partial charge in [0, 0.05) is 18.1 Å². The summed E-state index contributed by atoms with van der Waals surface area (Å²) >= 11 is 0. The van der Waals surface area contributed by atoms with Crippen molar-refractivity contribution in [1.29, 1.82) is 0 Å². The fraction of sp³-hybridized carbons (Fsp3) is 0.400. The molecule has 0 aromatic heterocycles. The Kier molecular flexibility index (Phi) is 9.32. The average Bonchev–Trinajstić information content (AvgIpc) is 3.44.